The van der Waals surface area contributed by atoms with Crippen LogP contribution in [-0.4, -0.2) is 17.0 Å². The van der Waals surface area contributed by atoms with Crippen LogP contribution < -0.4 is 0 Å². The summed E-state index contributed by atoms with van der Waals surface area (Å²) in [5.74, 6) is -1.62. The van der Waals surface area contributed by atoms with Crippen molar-refractivity contribution in [3.63, 3.8) is 0 Å². The summed E-state index contributed by atoms with van der Waals surface area (Å²) in [5, 5.41) is 0. The fourth-order valence-corrected chi connectivity index (χ4v) is 3.51. The first-order chi connectivity index (χ1) is 11.6. The third kappa shape index (κ3) is 3.40. The minimum absolute atomic E-state index is 0.177. The lowest BCUT2D eigenvalue weighted by atomic mass is 9.90. The van der Waals surface area contributed by atoms with Crippen molar-refractivity contribution in [3.8, 4) is 0 Å². The number of halogens is 2. The molecule has 0 aromatic heterocycles. The van der Waals surface area contributed by atoms with Crippen molar-refractivity contribution in [2.24, 2.45) is 0 Å². The number of hydrogen-bond donors (Lipinski definition) is 0. The number of Topliss-reactive ketones (excluding diaryl/α,β-unsaturated/α-hetero) is 1. The van der Waals surface area contributed by atoms with Crippen LogP contribution in [0.15, 0.2) is 48.5 Å². The normalized spacial score (nSPS) is 20.4. The SMILES string of the molecule is CC1(C)OC(C(=O)c2ccc(I)cc2)(c2ccc(I)cc2)OC1(C)C. The Balaban J connectivity index is 2.15. The highest BCUT2D eigenvalue weighted by Crippen LogP contribution is 2.50. The number of rotatable bonds is 3. The molecule has 132 valence electrons. The lowest BCUT2D eigenvalue weighted by Gasteiger charge is -2.30. The van der Waals surface area contributed by atoms with Crippen LogP contribution in [0, 0.1) is 7.14 Å². The first-order valence-corrected chi connectivity index (χ1v) is 10.2. The first-order valence-electron chi connectivity index (χ1n) is 8.04. The summed E-state index contributed by atoms with van der Waals surface area (Å²) in [6.45, 7) is 7.84. The van der Waals surface area contributed by atoms with Crippen molar-refractivity contribution in [3.05, 3.63) is 66.8 Å². The molecule has 25 heavy (non-hydrogen) atoms. The van der Waals surface area contributed by atoms with Gasteiger partial charge in [-0.15, -0.1) is 0 Å². The van der Waals surface area contributed by atoms with Crippen LogP contribution in [0.5, 0.6) is 0 Å². The Bertz CT molecular complexity index is 777. The average molecular weight is 562 g/mol. The molecule has 1 saturated heterocycles. The third-order valence-corrected chi connectivity index (χ3v) is 6.32. The molecule has 0 amide bonds. The molecule has 0 bridgehead atoms. The van der Waals surface area contributed by atoms with E-state index in [-0.39, 0.29) is 5.78 Å². The minimum atomic E-state index is -1.44. The largest absolute Gasteiger partial charge is 0.331 e. The molecular weight excluding hydrogens is 542 g/mol. The van der Waals surface area contributed by atoms with Gasteiger partial charge in [-0.05, 0) is 97.1 Å². The zero-order valence-electron chi connectivity index (χ0n) is 14.6. The zero-order valence-corrected chi connectivity index (χ0v) is 18.9. The molecule has 1 aliphatic rings. The Labute approximate surface area is 175 Å². The quantitative estimate of drug-likeness (QED) is 0.365. The van der Waals surface area contributed by atoms with Crippen molar-refractivity contribution in [1.29, 1.82) is 0 Å². The summed E-state index contributed by atoms with van der Waals surface area (Å²) in [6, 6.07) is 15.2. The third-order valence-electron chi connectivity index (χ3n) is 4.88. The van der Waals surface area contributed by atoms with Crippen LogP contribution in [-0.2, 0) is 15.3 Å². The van der Waals surface area contributed by atoms with Gasteiger partial charge in [0.2, 0.25) is 5.78 Å². The molecule has 5 heteroatoms. The van der Waals surface area contributed by atoms with E-state index < -0.39 is 17.0 Å². The van der Waals surface area contributed by atoms with Crippen molar-refractivity contribution in [2.45, 2.75) is 44.7 Å². The Kier molecular flexibility index (Phi) is 5.07. The van der Waals surface area contributed by atoms with E-state index in [4.69, 9.17) is 9.47 Å². The molecule has 0 atom stereocenters. The van der Waals surface area contributed by atoms with Gasteiger partial charge in [0, 0.05) is 18.3 Å². The number of hydrogen-bond acceptors (Lipinski definition) is 3. The smallest absolute Gasteiger partial charge is 0.262 e. The van der Waals surface area contributed by atoms with Gasteiger partial charge in [-0.2, -0.15) is 0 Å². The van der Waals surface area contributed by atoms with Crippen molar-refractivity contribution >= 4 is 51.0 Å². The number of ether oxygens (including phenoxy) is 2. The van der Waals surface area contributed by atoms with Crippen LogP contribution in [0.3, 0.4) is 0 Å². The van der Waals surface area contributed by atoms with E-state index in [0.717, 1.165) is 12.7 Å². The van der Waals surface area contributed by atoms with Crippen LogP contribution in [0.2, 0.25) is 0 Å². The molecule has 0 saturated carbocycles. The summed E-state index contributed by atoms with van der Waals surface area (Å²) in [5.41, 5.74) is 0.0616. The van der Waals surface area contributed by atoms with E-state index in [0.29, 0.717) is 5.56 Å². The molecule has 1 fully saturated rings. The molecule has 0 aliphatic carbocycles. The maximum atomic E-state index is 13.5. The molecule has 0 spiro atoms. The van der Waals surface area contributed by atoms with Crippen molar-refractivity contribution < 1.29 is 14.3 Å². The maximum Gasteiger partial charge on any atom is 0.262 e. The van der Waals surface area contributed by atoms with Gasteiger partial charge in [0.25, 0.3) is 5.79 Å². The van der Waals surface area contributed by atoms with Crippen LogP contribution in [0.1, 0.15) is 43.6 Å². The molecule has 0 N–H and O–H groups in total. The predicted molar refractivity (Wildman–Crippen MR) is 115 cm³/mol. The van der Waals surface area contributed by atoms with E-state index in [1.165, 1.54) is 0 Å². The Hall–Kier alpha value is -0.510. The Morgan fingerprint density at radius 2 is 1.16 bits per heavy atom. The van der Waals surface area contributed by atoms with Crippen molar-refractivity contribution in [2.75, 3.05) is 0 Å². The van der Waals surface area contributed by atoms with Gasteiger partial charge in [-0.1, -0.05) is 24.3 Å². The van der Waals surface area contributed by atoms with Crippen molar-refractivity contribution in [1.82, 2.24) is 0 Å². The Morgan fingerprint density at radius 1 is 0.760 bits per heavy atom. The van der Waals surface area contributed by atoms with Crippen LogP contribution in [0.25, 0.3) is 0 Å². The summed E-state index contributed by atoms with van der Waals surface area (Å²) in [6.07, 6.45) is 0. The molecule has 3 nitrogen and oxygen atoms in total. The lowest BCUT2D eigenvalue weighted by Crippen LogP contribution is -2.41. The van der Waals surface area contributed by atoms with E-state index in [1.54, 1.807) is 0 Å². The molecule has 0 radical (unpaired) electrons. The molecule has 0 unspecified atom stereocenters. The van der Waals surface area contributed by atoms with Crippen LogP contribution >= 0.6 is 45.2 Å². The second-order valence-corrected chi connectivity index (χ2v) is 9.68. The molecule has 3 rings (SSSR count). The average Bonchev–Trinajstić information content (AvgIpc) is 2.74. The van der Waals surface area contributed by atoms with Crippen LogP contribution in [0.4, 0.5) is 0 Å². The topological polar surface area (TPSA) is 35.5 Å². The number of carbonyl (C=O) groups is 1. The zero-order chi connectivity index (χ0) is 18.5. The van der Waals surface area contributed by atoms with Gasteiger partial charge >= 0.3 is 0 Å². The molecular formula is C20H20I2O3. The van der Waals surface area contributed by atoms with E-state index in [2.05, 4.69) is 45.2 Å². The molecule has 2 aromatic rings. The first kappa shape index (κ1) is 19.3. The molecule has 2 aromatic carbocycles. The standard InChI is InChI=1S/C20H20I2O3/c1-18(2)19(3,4)25-20(24-18,14-7-11-16(22)12-8-14)17(23)13-5-9-15(21)10-6-13/h5-12H,1-4H3. The van der Waals surface area contributed by atoms with E-state index in [1.807, 2.05) is 76.2 Å². The second kappa shape index (κ2) is 6.58. The summed E-state index contributed by atoms with van der Waals surface area (Å²) in [7, 11) is 0. The molecule has 1 aliphatic heterocycles. The van der Waals surface area contributed by atoms with Gasteiger partial charge in [-0.25, -0.2) is 0 Å². The summed E-state index contributed by atoms with van der Waals surface area (Å²) in [4.78, 5) is 13.5. The number of ketones is 1. The molecule has 1 heterocycles. The second-order valence-electron chi connectivity index (χ2n) is 7.18. The Morgan fingerprint density at radius 3 is 1.60 bits per heavy atom. The highest BCUT2D eigenvalue weighted by atomic mass is 127. The minimum Gasteiger partial charge on any atom is -0.331 e. The fraction of sp³-hybridized carbons (Fsp3) is 0.350. The van der Waals surface area contributed by atoms with Gasteiger partial charge in [0.05, 0.1) is 11.2 Å². The van der Waals surface area contributed by atoms with Gasteiger partial charge in [0.15, 0.2) is 0 Å². The fourth-order valence-electron chi connectivity index (χ4n) is 2.79. The number of carbonyl (C=O) groups excluding carboxylic acids is 1. The highest BCUT2D eigenvalue weighted by Gasteiger charge is 2.61. The summed E-state index contributed by atoms with van der Waals surface area (Å²) < 4.78 is 14.9. The highest BCUT2D eigenvalue weighted by molar-refractivity contribution is 14.1. The predicted octanol–water partition coefficient (Wildman–Crippen LogP) is 5.54. The van der Waals surface area contributed by atoms with E-state index in [9.17, 15) is 4.79 Å². The number of benzene rings is 2. The van der Waals surface area contributed by atoms with Gasteiger partial charge in [0.1, 0.15) is 0 Å². The van der Waals surface area contributed by atoms with Gasteiger partial charge in [-0.3, -0.25) is 4.79 Å². The maximum absolute atomic E-state index is 13.5. The lowest BCUT2D eigenvalue weighted by molar-refractivity contribution is -0.162. The summed E-state index contributed by atoms with van der Waals surface area (Å²) >= 11 is 4.47. The monoisotopic (exact) mass is 562 g/mol. The van der Waals surface area contributed by atoms with E-state index >= 15 is 0 Å². The van der Waals surface area contributed by atoms with Gasteiger partial charge < -0.3 is 9.47 Å².